The molecule has 4 rings (SSSR count). The Morgan fingerprint density at radius 1 is 0.929 bits per heavy atom. The van der Waals surface area contributed by atoms with E-state index in [4.69, 9.17) is 4.42 Å². The molecule has 0 fully saturated rings. The predicted molar refractivity (Wildman–Crippen MR) is 106 cm³/mol. The number of hydrogen-bond donors (Lipinski definition) is 1. The van der Waals surface area contributed by atoms with Gasteiger partial charge >= 0.3 is 0 Å². The first-order chi connectivity index (χ1) is 13.7. The van der Waals surface area contributed by atoms with Gasteiger partial charge in [0.2, 0.25) is 11.8 Å². The van der Waals surface area contributed by atoms with Crippen LogP contribution >= 0.6 is 0 Å². The number of nitrogens with zero attached hydrogens (tertiary/aromatic N) is 1. The Hall–Kier alpha value is -3.73. The third-order valence-electron chi connectivity index (χ3n) is 4.24. The minimum atomic E-state index is -0.351. The summed E-state index contributed by atoms with van der Waals surface area (Å²) in [5.74, 6) is -0.0483. The molecule has 0 aliphatic rings. The molecule has 28 heavy (non-hydrogen) atoms. The van der Waals surface area contributed by atoms with E-state index in [2.05, 4.69) is 10.3 Å². The summed E-state index contributed by atoms with van der Waals surface area (Å²) in [7, 11) is 0. The smallest absolute Gasteiger partial charge is 0.228 e. The Kier molecular flexibility index (Phi) is 4.97. The minimum Gasteiger partial charge on any atom is -0.444 e. The minimum absolute atomic E-state index is 0.111. The fraction of sp³-hybridized carbons (Fsp3) is 0.0435. The molecule has 1 N–H and O–H groups in total. The maximum Gasteiger partial charge on any atom is 0.228 e. The molecule has 0 saturated carbocycles. The fourth-order valence-electron chi connectivity index (χ4n) is 2.88. The van der Waals surface area contributed by atoms with Crippen molar-refractivity contribution >= 4 is 11.6 Å². The van der Waals surface area contributed by atoms with Gasteiger partial charge in [-0.05, 0) is 42.0 Å². The second-order valence-corrected chi connectivity index (χ2v) is 6.34. The Morgan fingerprint density at radius 3 is 2.46 bits per heavy atom. The summed E-state index contributed by atoms with van der Waals surface area (Å²) in [4.78, 5) is 16.7. The first-order valence-corrected chi connectivity index (χ1v) is 8.83. The zero-order valence-electron chi connectivity index (χ0n) is 14.9. The van der Waals surface area contributed by atoms with Crippen LogP contribution in [0.25, 0.3) is 22.7 Å². The number of hydrogen-bond acceptors (Lipinski definition) is 3. The van der Waals surface area contributed by atoms with Gasteiger partial charge < -0.3 is 9.73 Å². The summed E-state index contributed by atoms with van der Waals surface area (Å²) in [5, 5.41) is 2.81. The highest BCUT2D eigenvalue weighted by Gasteiger charge is 2.09. The second-order valence-electron chi connectivity index (χ2n) is 6.34. The van der Waals surface area contributed by atoms with Crippen LogP contribution in [0.5, 0.6) is 0 Å². The molecule has 0 aliphatic carbocycles. The monoisotopic (exact) mass is 372 g/mol. The van der Waals surface area contributed by atoms with E-state index >= 15 is 0 Å². The molecular formula is C23H17FN2O2. The quantitative estimate of drug-likeness (QED) is 0.515. The number of anilines is 1. The molecule has 0 aliphatic heterocycles. The Labute approximate surface area is 161 Å². The lowest BCUT2D eigenvalue weighted by Gasteiger charge is -2.06. The van der Waals surface area contributed by atoms with Gasteiger partial charge in [0, 0.05) is 16.8 Å². The maximum absolute atomic E-state index is 13.2. The lowest BCUT2D eigenvalue weighted by Crippen LogP contribution is -2.14. The summed E-state index contributed by atoms with van der Waals surface area (Å²) in [6, 6.07) is 23.0. The van der Waals surface area contributed by atoms with Crippen LogP contribution in [0.1, 0.15) is 5.56 Å². The lowest BCUT2D eigenvalue weighted by molar-refractivity contribution is -0.115. The normalized spacial score (nSPS) is 10.6. The molecule has 3 aromatic carbocycles. The molecule has 0 spiro atoms. The van der Waals surface area contributed by atoms with Gasteiger partial charge in [-0.25, -0.2) is 9.37 Å². The van der Waals surface area contributed by atoms with Crippen molar-refractivity contribution in [2.24, 2.45) is 0 Å². The number of benzene rings is 3. The largest absolute Gasteiger partial charge is 0.444 e. The van der Waals surface area contributed by atoms with Crippen LogP contribution in [0, 0.1) is 5.82 Å². The number of aromatic nitrogens is 1. The molecule has 0 radical (unpaired) electrons. The predicted octanol–water partition coefficient (Wildman–Crippen LogP) is 5.33. The number of carbonyl (C=O) groups excluding carboxylic acids is 1. The van der Waals surface area contributed by atoms with Crippen molar-refractivity contribution in [3.8, 4) is 22.7 Å². The first kappa shape index (κ1) is 17.7. The van der Waals surface area contributed by atoms with Gasteiger partial charge in [0.05, 0.1) is 6.42 Å². The molecule has 1 aromatic heterocycles. The van der Waals surface area contributed by atoms with Crippen molar-refractivity contribution < 1.29 is 13.6 Å². The molecule has 1 amide bonds. The number of oxazole rings is 1. The molecule has 1 heterocycles. The zero-order chi connectivity index (χ0) is 19.3. The Morgan fingerprint density at radius 2 is 1.71 bits per heavy atom. The highest BCUT2D eigenvalue weighted by Crippen LogP contribution is 2.25. The van der Waals surface area contributed by atoms with Gasteiger partial charge in [0.15, 0.2) is 0 Å². The van der Waals surface area contributed by atoms with Crippen LogP contribution in [-0.4, -0.2) is 10.9 Å². The SMILES string of the molecule is O=C(Cc1cccc(F)c1)Nc1ccc(-c2nc(-c3ccccc3)co2)cc1. The molecule has 0 atom stereocenters. The standard InChI is InChI=1S/C23H17FN2O2/c24-19-8-4-5-16(13-19)14-22(27)25-20-11-9-18(10-12-20)23-26-21(15-28-23)17-6-2-1-3-7-17/h1-13,15H,14H2,(H,25,27). The van der Waals surface area contributed by atoms with E-state index in [1.54, 1.807) is 30.5 Å². The average molecular weight is 372 g/mol. The van der Waals surface area contributed by atoms with Crippen LogP contribution in [0.2, 0.25) is 0 Å². The summed E-state index contributed by atoms with van der Waals surface area (Å²) < 4.78 is 18.8. The van der Waals surface area contributed by atoms with Crippen molar-refractivity contribution in [2.75, 3.05) is 5.32 Å². The van der Waals surface area contributed by atoms with E-state index in [0.29, 0.717) is 17.1 Å². The first-order valence-electron chi connectivity index (χ1n) is 8.83. The average Bonchev–Trinajstić information content (AvgIpc) is 3.19. The van der Waals surface area contributed by atoms with Crippen LogP contribution in [0.15, 0.2) is 89.5 Å². The second kappa shape index (κ2) is 7.88. The maximum atomic E-state index is 13.2. The number of carbonyl (C=O) groups is 1. The number of amides is 1. The fourth-order valence-corrected chi connectivity index (χ4v) is 2.88. The summed E-state index contributed by atoms with van der Waals surface area (Å²) in [6.45, 7) is 0. The molecule has 4 aromatic rings. The van der Waals surface area contributed by atoms with E-state index < -0.39 is 0 Å². The molecule has 0 unspecified atom stereocenters. The van der Waals surface area contributed by atoms with Crippen LogP contribution in [-0.2, 0) is 11.2 Å². The Bertz CT molecular complexity index is 1090. The van der Waals surface area contributed by atoms with Crippen molar-refractivity contribution in [1.29, 1.82) is 0 Å². The highest BCUT2D eigenvalue weighted by atomic mass is 19.1. The third kappa shape index (κ3) is 4.15. The van der Waals surface area contributed by atoms with E-state index in [-0.39, 0.29) is 18.1 Å². The van der Waals surface area contributed by atoms with Gasteiger partial charge in [-0.3, -0.25) is 4.79 Å². The molecule has 138 valence electrons. The van der Waals surface area contributed by atoms with Crippen molar-refractivity contribution in [3.05, 3.63) is 96.5 Å². The summed E-state index contributed by atoms with van der Waals surface area (Å²) in [6.07, 6.45) is 1.74. The topological polar surface area (TPSA) is 55.1 Å². The van der Waals surface area contributed by atoms with Crippen LogP contribution < -0.4 is 5.32 Å². The van der Waals surface area contributed by atoms with Crippen molar-refractivity contribution in [2.45, 2.75) is 6.42 Å². The van der Waals surface area contributed by atoms with Gasteiger partial charge in [0.1, 0.15) is 17.8 Å². The molecule has 0 saturated heterocycles. The zero-order valence-corrected chi connectivity index (χ0v) is 14.9. The lowest BCUT2D eigenvalue weighted by atomic mass is 10.1. The van der Waals surface area contributed by atoms with Gasteiger partial charge in [0.25, 0.3) is 0 Å². The molecule has 5 heteroatoms. The van der Waals surface area contributed by atoms with Gasteiger partial charge in [-0.1, -0.05) is 42.5 Å². The van der Waals surface area contributed by atoms with E-state index in [1.165, 1.54) is 12.1 Å². The number of halogens is 1. The molecular weight excluding hydrogens is 355 g/mol. The van der Waals surface area contributed by atoms with Crippen molar-refractivity contribution in [3.63, 3.8) is 0 Å². The summed E-state index contributed by atoms with van der Waals surface area (Å²) >= 11 is 0. The van der Waals surface area contributed by atoms with E-state index in [0.717, 1.165) is 16.8 Å². The molecule has 4 nitrogen and oxygen atoms in total. The number of nitrogens with one attached hydrogen (secondary N) is 1. The third-order valence-corrected chi connectivity index (χ3v) is 4.24. The molecule has 0 bridgehead atoms. The van der Waals surface area contributed by atoms with Crippen molar-refractivity contribution in [1.82, 2.24) is 4.98 Å². The van der Waals surface area contributed by atoms with Gasteiger partial charge in [-0.2, -0.15) is 0 Å². The highest BCUT2D eigenvalue weighted by molar-refractivity contribution is 5.92. The Balaban J connectivity index is 1.43. The van der Waals surface area contributed by atoms with Crippen LogP contribution in [0.3, 0.4) is 0 Å². The van der Waals surface area contributed by atoms with E-state index in [9.17, 15) is 9.18 Å². The summed E-state index contributed by atoms with van der Waals surface area (Å²) in [5.41, 5.74) is 3.84. The van der Waals surface area contributed by atoms with Gasteiger partial charge in [-0.15, -0.1) is 0 Å². The number of rotatable bonds is 5. The van der Waals surface area contributed by atoms with E-state index in [1.807, 2.05) is 42.5 Å². The van der Waals surface area contributed by atoms with Crippen LogP contribution in [0.4, 0.5) is 10.1 Å².